The fourth-order valence-corrected chi connectivity index (χ4v) is 6.82. The second kappa shape index (κ2) is 12.6. The van der Waals surface area contributed by atoms with Crippen LogP contribution < -0.4 is 20.7 Å². The number of hydrogen-bond donors (Lipinski definition) is 4. The third-order valence-electron chi connectivity index (χ3n) is 5.47. The molecule has 0 saturated carbocycles. The van der Waals surface area contributed by atoms with Gasteiger partial charge in [-0.15, -0.1) is 11.3 Å². The Balaban J connectivity index is 1.82. The monoisotopic (exact) mass is 581 g/mol. The first-order valence-corrected chi connectivity index (χ1v) is 15.2. The zero-order valence-corrected chi connectivity index (χ0v) is 25.1. The van der Waals surface area contributed by atoms with E-state index in [4.69, 9.17) is 9.47 Å². The van der Waals surface area contributed by atoms with Crippen molar-refractivity contribution in [3.63, 3.8) is 0 Å². The number of benzene rings is 1. The summed E-state index contributed by atoms with van der Waals surface area (Å²) in [5.41, 5.74) is 0.0598. The fourth-order valence-electron chi connectivity index (χ4n) is 4.02. The molecule has 2 aromatic rings. The van der Waals surface area contributed by atoms with Gasteiger partial charge in [0.25, 0.3) is 0 Å². The molecule has 2 atom stereocenters. The highest BCUT2D eigenvalue weighted by atomic mass is 32.2. The average molecular weight is 582 g/mol. The first-order valence-electron chi connectivity index (χ1n) is 12.9. The van der Waals surface area contributed by atoms with Gasteiger partial charge in [0.1, 0.15) is 5.01 Å². The molecule has 1 saturated heterocycles. The van der Waals surface area contributed by atoms with Gasteiger partial charge in [-0.2, -0.15) is 0 Å². The van der Waals surface area contributed by atoms with Crippen molar-refractivity contribution in [3.05, 3.63) is 29.4 Å². The molecule has 0 bridgehead atoms. The van der Waals surface area contributed by atoms with Crippen molar-refractivity contribution in [3.8, 4) is 10.4 Å². The van der Waals surface area contributed by atoms with Crippen LogP contribution in [0.25, 0.3) is 10.4 Å². The van der Waals surface area contributed by atoms with E-state index in [1.807, 2.05) is 0 Å². The summed E-state index contributed by atoms with van der Waals surface area (Å²) < 4.78 is 39.8. The molecule has 0 unspecified atom stereocenters. The van der Waals surface area contributed by atoms with Crippen molar-refractivity contribution in [2.24, 2.45) is 0 Å². The Hall–Kier alpha value is -2.74. The van der Waals surface area contributed by atoms with Crippen molar-refractivity contribution in [2.45, 2.75) is 96.0 Å². The molecule has 13 heteroatoms. The maximum Gasteiger partial charge on any atom is 0.411 e. The fraction of sp³-hybridized carbons (Fsp3) is 0.577. The molecule has 1 aromatic heterocycles. The van der Waals surface area contributed by atoms with Crippen LogP contribution >= 0.6 is 11.3 Å². The van der Waals surface area contributed by atoms with Crippen LogP contribution in [-0.4, -0.2) is 55.9 Å². The molecule has 3 rings (SSSR count). The molecule has 2 heterocycles. The number of piperidine rings is 1. The van der Waals surface area contributed by atoms with E-state index in [0.717, 1.165) is 17.8 Å². The topological polar surface area (TPSA) is 148 Å². The maximum absolute atomic E-state index is 13.4. The summed E-state index contributed by atoms with van der Waals surface area (Å²) in [6.07, 6.45) is 1.56. The summed E-state index contributed by atoms with van der Waals surface area (Å²) in [5.74, 6) is 0. The second-order valence-electron chi connectivity index (χ2n) is 11.0. The molecule has 2 amide bonds. The van der Waals surface area contributed by atoms with E-state index in [1.165, 1.54) is 17.4 Å². The van der Waals surface area contributed by atoms with Crippen LogP contribution in [0.15, 0.2) is 29.3 Å². The number of carbonyl (C=O) groups excluding carboxylic acids is 2. The normalized spacial score (nSPS) is 18.2. The van der Waals surface area contributed by atoms with Crippen LogP contribution in [0.3, 0.4) is 0 Å². The highest BCUT2D eigenvalue weighted by Gasteiger charge is 2.29. The Kier molecular flexibility index (Phi) is 9.97. The molecule has 1 aliphatic heterocycles. The zero-order valence-electron chi connectivity index (χ0n) is 23.5. The molecule has 0 spiro atoms. The Morgan fingerprint density at radius 1 is 1.08 bits per heavy atom. The molecule has 11 nitrogen and oxygen atoms in total. The molecule has 1 aliphatic rings. The van der Waals surface area contributed by atoms with E-state index in [1.54, 1.807) is 66.8 Å². The van der Waals surface area contributed by atoms with Gasteiger partial charge < -0.3 is 20.1 Å². The predicted molar refractivity (Wildman–Crippen MR) is 151 cm³/mol. The lowest BCUT2D eigenvalue weighted by Crippen LogP contribution is -2.47. The van der Waals surface area contributed by atoms with Crippen molar-refractivity contribution in [1.82, 2.24) is 20.3 Å². The Bertz CT molecular complexity index is 1260. The first-order chi connectivity index (χ1) is 18.1. The lowest BCUT2D eigenvalue weighted by Gasteiger charge is -2.29. The van der Waals surface area contributed by atoms with Crippen molar-refractivity contribution < 1.29 is 27.5 Å². The third-order valence-corrected chi connectivity index (χ3v) is 8.41. The Labute approximate surface area is 234 Å². The number of rotatable bonds is 8. The van der Waals surface area contributed by atoms with Gasteiger partial charge in [0, 0.05) is 35.6 Å². The molecular formula is C26H39N5O6S2. The standard InChI is InChI=1S/C26H39N5O6S2/c1-15(2)36-24(32)29-17-8-10-19(22(12-17)39(34,35)31-26(5,6)7)21-14-28-23(38-21)20-11-9-18(13-27-20)30-25(33)37-16(3)4/h8,10,12,14-16,18,20,27,31H,9,11,13H2,1-7H3,(H,29,32)(H,30,33)/t18-,20+/m0/s1. The number of alkyl carbamates (subject to hydrolysis) is 1. The number of nitrogens with one attached hydrogen (secondary N) is 4. The molecule has 216 valence electrons. The Morgan fingerprint density at radius 2 is 1.74 bits per heavy atom. The van der Waals surface area contributed by atoms with Gasteiger partial charge in [0.05, 0.1) is 28.0 Å². The van der Waals surface area contributed by atoms with E-state index in [0.29, 0.717) is 22.7 Å². The second-order valence-corrected chi connectivity index (χ2v) is 13.8. The van der Waals surface area contributed by atoms with E-state index in [-0.39, 0.29) is 29.2 Å². The predicted octanol–water partition coefficient (Wildman–Crippen LogP) is 4.77. The largest absolute Gasteiger partial charge is 0.447 e. The number of carbonyl (C=O) groups is 2. The molecular weight excluding hydrogens is 542 g/mol. The van der Waals surface area contributed by atoms with Crippen LogP contribution in [0.5, 0.6) is 0 Å². The summed E-state index contributed by atoms with van der Waals surface area (Å²) in [7, 11) is -3.95. The lowest BCUT2D eigenvalue weighted by atomic mass is 10.0. The van der Waals surface area contributed by atoms with Gasteiger partial charge in [-0.1, -0.05) is 6.07 Å². The quantitative estimate of drug-likeness (QED) is 0.348. The number of amides is 2. The first kappa shape index (κ1) is 30.8. The van der Waals surface area contributed by atoms with Crippen LogP contribution in [0.4, 0.5) is 15.3 Å². The highest BCUT2D eigenvalue weighted by molar-refractivity contribution is 7.89. The molecule has 4 N–H and O–H groups in total. The third kappa shape index (κ3) is 9.16. The van der Waals surface area contributed by atoms with E-state index in [9.17, 15) is 18.0 Å². The molecule has 0 radical (unpaired) electrons. The van der Waals surface area contributed by atoms with Crippen LogP contribution in [0.2, 0.25) is 0 Å². The number of nitrogens with zero attached hydrogens (tertiary/aromatic N) is 1. The molecule has 0 aliphatic carbocycles. The summed E-state index contributed by atoms with van der Waals surface area (Å²) in [6.45, 7) is 12.9. The number of sulfonamides is 1. The summed E-state index contributed by atoms with van der Waals surface area (Å²) in [4.78, 5) is 29.3. The minimum Gasteiger partial charge on any atom is -0.447 e. The van der Waals surface area contributed by atoms with Crippen molar-refractivity contribution in [1.29, 1.82) is 0 Å². The zero-order chi connectivity index (χ0) is 29.0. The van der Waals surface area contributed by atoms with Gasteiger partial charge in [0.2, 0.25) is 10.0 Å². The van der Waals surface area contributed by atoms with Gasteiger partial charge in [-0.05, 0) is 73.4 Å². The SMILES string of the molecule is CC(C)OC(=O)Nc1ccc(-c2cnc([C@H]3CC[C@H](NC(=O)OC(C)C)CN3)s2)c(S(=O)(=O)NC(C)(C)C)c1. The van der Waals surface area contributed by atoms with Crippen molar-refractivity contribution >= 4 is 39.2 Å². The molecule has 1 aromatic carbocycles. The van der Waals surface area contributed by atoms with Crippen LogP contribution in [0, 0.1) is 0 Å². The minimum absolute atomic E-state index is 0.0255. The summed E-state index contributed by atoms with van der Waals surface area (Å²) >= 11 is 1.40. The van der Waals surface area contributed by atoms with E-state index < -0.39 is 27.7 Å². The van der Waals surface area contributed by atoms with Crippen molar-refractivity contribution in [2.75, 3.05) is 11.9 Å². The van der Waals surface area contributed by atoms with E-state index in [2.05, 4.69) is 25.7 Å². The van der Waals surface area contributed by atoms with Gasteiger partial charge >= 0.3 is 12.2 Å². The van der Waals surface area contributed by atoms with Gasteiger partial charge in [-0.25, -0.2) is 27.7 Å². The van der Waals surface area contributed by atoms with Gasteiger partial charge in [0.15, 0.2) is 0 Å². The average Bonchev–Trinajstić information content (AvgIpc) is 3.27. The number of ether oxygens (including phenoxy) is 2. The highest BCUT2D eigenvalue weighted by Crippen LogP contribution is 2.37. The number of thiazole rings is 1. The summed E-state index contributed by atoms with van der Waals surface area (Å²) in [6, 6.07) is 4.65. The molecule has 1 fully saturated rings. The van der Waals surface area contributed by atoms with E-state index >= 15 is 0 Å². The van der Waals surface area contributed by atoms with Crippen LogP contribution in [-0.2, 0) is 19.5 Å². The lowest BCUT2D eigenvalue weighted by molar-refractivity contribution is 0.110. The smallest absolute Gasteiger partial charge is 0.411 e. The van der Waals surface area contributed by atoms with Crippen LogP contribution in [0.1, 0.15) is 72.4 Å². The summed E-state index contributed by atoms with van der Waals surface area (Å²) in [5, 5.41) is 9.71. The molecule has 39 heavy (non-hydrogen) atoms. The number of anilines is 1. The van der Waals surface area contributed by atoms with Gasteiger partial charge in [-0.3, -0.25) is 5.32 Å². The maximum atomic E-state index is 13.4. The Morgan fingerprint density at radius 3 is 2.33 bits per heavy atom. The number of hydrogen-bond acceptors (Lipinski definition) is 9. The minimum atomic E-state index is -3.95. The number of aromatic nitrogens is 1.